The first-order valence-corrected chi connectivity index (χ1v) is 14.2. The predicted octanol–water partition coefficient (Wildman–Crippen LogP) is 1.16. The third-order valence-corrected chi connectivity index (χ3v) is 10.4. The van der Waals surface area contributed by atoms with Crippen LogP contribution in [0.1, 0.15) is 78.1 Å². The number of hydrogen-bond donors (Lipinski definition) is 5. The lowest BCUT2D eigenvalue weighted by Gasteiger charge is -2.60. The molecule has 4 aliphatic carbocycles. The Hall–Kier alpha value is -3.12. The number of aliphatic carboxylic acids is 2. The molecule has 0 radical (unpaired) electrons. The van der Waals surface area contributed by atoms with Crippen LogP contribution >= 0.6 is 0 Å². The van der Waals surface area contributed by atoms with Crippen LogP contribution in [0, 0.1) is 28.6 Å². The van der Waals surface area contributed by atoms with Crippen molar-refractivity contribution in [3.63, 3.8) is 0 Å². The van der Waals surface area contributed by atoms with E-state index in [9.17, 15) is 39.0 Å². The molecule has 0 aliphatic heterocycles. The molecule has 1 amide bonds. The number of carboxylic acid groups (broad SMARTS) is 2. The molecule has 0 heterocycles. The smallest absolute Gasteiger partial charge is 0.326 e. The van der Waals surface area contributed by atoms with Gasteiger partial charge in [-0.15, -0.1) is 0 Å². The summed E-state index contributed by atoms with van der Waals surface area (Å²) in [6.07, 6.45) is 2.74. The van der Waals surface area contributed by atoms with Crippen molar-refractivity contribution < 1.29 is 53.9 Å². The third-order valence-electron chi connectivity index (χ3n) is 10.4. The van der Waals surface area contributed by atoms with Gasteiger partial charge in [0.1, 0.15) is 11.6 Å². The lowest BCUT2D eigenvalue weighted by Crippen LogP contribution is -2.62. The van der Waals surface area contributed by atoms with Crippen molar-refractivity contribution in [2.24, 2.45) is 28.6 Å². The summed E-state index contributed by atoms with van der Waals surface area (Å²) in [5, 5.41) is 43.0. The summed E-state index contributed by atoms with van der Waals surface area (Å²) in [6, 6.07) is -1.65. The summed E-state index contributed by atoms with van der Waals surface area (Å²) in [5.74, 6) is -5.32. The summed E-state index contributed by atoms with van der Waals surface area (Å²) < 4.78 is 5.06. The fourth-order valence-corrected chi connectivity index (χ4v) is 8.34. The number of carbonyl (C=O) groups is 6. The minimum atomic E-state index is -1.81. The van der Waals surface area contributed by atoms with Gasteiger partial charge in [0.05, 0.1) is 18.9 Å². The molecule has 0 unspecified atom stereocenters. The van der Waals surface area contributed by atoms with Crippen LogP contribution in [0.2, 0.25) is 0 Å². The van der Waals surface area contributed by atoms with Gasteiger partial charge < -0.3 is 30.5 Å². The van der Waals surface area contributed by atoms with Gasteiger partial charge in [-0.25, -0.2) is 4.79 Å². The standard InChI is InChI=1S/C29H39NO11/c1-27-9-7-16(31)11-15(27)3-4-17-18-8-10-29(40,28(18,2)13-20(32)25(17)27)21(33)14-41-24(37)6-5-22(34)30-19(26(38)39)12-23(35)36/h11,17-20,25,32,40H,3-10,12-14H2,1-2H3,(H,30,34)(H,35,36)(H,38,39)/t17-,18-,19-,20+,25+,27-,28-,29-/m0/s1. The number of esters is 1. The second-order valence-electron chi connectivity index (χ2n) is 12.6. The molecule has 8 atom stereocenters. The number of allylic oxidation sites excluding steroid dienone is 1. The van der Waals surface area contributed by atoms with Crippen molar-refractivity contribution in [1.82, 2.24) is 5.32 Å². The van der Waals surface area contributed by atoms with E-state index in [0.29, 0.717) is 19.3 Å². The van der Waals surface area contributed by atoms with Crippen molar-refractivity contribution in [2.75, 3.05) is 6.61 Å². The summed E-state index contributed by atoms with van der Waals surface area (Å²) in [7, 11) is 0. The maximum absolute atomic E-state index is 13.3. The molecule has 12 heteroatoms. The molecule has 3 fully saturated rings. The Kier molecular flexibility index (Phi) is 8.48. The Morgan fingerprint density at radius 1 is 1.07 bits per heavy atom. The van der Waals surface area contributed by atoms with E-state index in [4.69, 9.17) is 14.9 Å². The van der Waals surface area contributed by atoms with Gasteiger partial charge in [0.25, 0.3) is 0 Å². The molecule has 12 nitrogen and oxygen atoms in total. The minimum Gasteiger partial charge on any atom is -0.481 e. The Morgan fingerprint density at radius 2 is 1.78 bits per heavy atom. The number of ether oxygens (including phenoxy) is 1. The van der Waals surface area contributed by atoms with Gasteiger partial charge in [-0.3, -0.25) is 24.0 Å². The summed E-state index contributed by atoms with van der Waals surface area (Å²) >= 11 is 0. The number of fused-ring (bicyclic) bond motifs is 5. The van der Waals surface area contributed by atoms with E-state index >= 15 is 0 Å². The van der Waals surface area contributed by atoms with Crippen molar-refractivity contribution >= 4 is 35.4 Å². The monoisotopic (exact) mass is 577 g/mol. The Labute approximate surface area is 237 Å². The Balaban J connectivity index is 1.36. The second-order valence-corrected chi connectivity index (χ2v) is 12.6. The third kappa shape index (κ3) is 5.55. The summed E-state index contributed by atoms with van der Waals surface area (Å²) in [4.78, 5) is 71.5. The Morgan fingerprint density at radius 3 is 2.44 bits per heavy atom. The normalized spacial score (nSPS) is 36.6. The fourth-order valence-electron chi connectivity index (χ4n) is 8.34. The van der Waals surface area contributed by atoms with Crippen molar-refractivity contribution in [3.05, 3.63) is 11.6 Å². The molecule has 0 aromatic heterocycles. The van der Waals surface area contributed by atoms with Crippen LogP contribution < -0.4 is 5.32 Å². The maximum atomic E-state index is 13.3. The molecule has 0 aromatic carbocycles. The van der Waals surface area contributed by atoms with E-state index in [-0.39, 0.29) is 41.8 Å². The van der Waals surface area contributed by atoms with Crippen LogP contribution in [0.3, 0.4) is 0 Å². The van der Waals surface area contributed by atoms with E-state index in [2.05, 4.69) is 6.92 Å². The molecule has 226 valence electrons. The van der Waals surface area contributed by atoms with Gasteiger partial charge in [-0.05, 0) is 67.8 Å². The molecule has 4 aliphatic rings. The van der Waals surface area contributed by atoms with Gasteiger partial charge in [-0.2, -0.15) is 0 Å². The van der Waals surface area contributed by atoms with E-state index in [1.807, 2.05) is 12.2 Å². The van der Waals surface area contributed by atoms with Crippen LogP contribution in [0.4, 0.5) is 0 Å². The zero-order valence-corrected chi connectivity index (χ0v) is 23.4. The highest BCUT2D eigenvalue weighted by molar-refractivity contribution is 5.92. The average molecular weight is 578 g/mol. The van der Waals surface area contributed by atoms with Crippen LogP contribution in [-0.2, 0) is 33.5 Å². The van der Waals surface area contributed by atoms with Gasteiger partial charge in [0.2, 0.25) is 11.7 Å². The topological polar surface area (TPSA) is 205 Å². The molecule has 41 heavy (non-hydrogen) atoms. The first-order valence-electron chi connectivity index (χ1n) is 14.2. The fraction of sp³-hybridized carbons (Fsp3) is 0.724. The number of rotatable bonds is 10. The highest BCUT2D eigenvalue weighted by atomic mass is 16.5. The SMILES string of the molecule is C[C@]12CCC(=O)C=C1CC[C@@H]1[C@@H]2[C@H](O)C[C@@]2(C)[C@H]1CC[C@]2(O)C(=O)COC(=O)CCC(=O)N[C@@H](CC(=O)O)C(=O)O. The summed E-state index contributed by atoms with van der Waals surface area (Å²) in [5.41, 5.74) is -1.97. The first-order chi connectivity index (χ1) is 19.1. The maximum Gasteiger partial charge on any atom is 0.326 e. The van der Waals surface area contributed by atoms with Crippen LogP contribution in [-0.4, -0.2) is 80.2 Å². The van der Waals surface area contributed by atoms with Crippen LogP contribution in [0.25, 0.3) is 0 Å². The quantitative estimate of drug-likeness (QED) is 0.233. The van der Waals surface area contributed by atoms with E-state index in [1.54, 1.807) is 6.08 Å². The molecule has 5 N–H and O–H groups in total. The van der Waals surface area contributed by atoms with E-state index in [0.717, 1.165) is 18.4 Å². The van der Waals surface area contributed by atoms with Crippen LogP contribution in [0.15, 0.2) is 11.6 Å². The number of carboxylic acids is 2. The molecule has 0 spiro atoms. The average Bonchev–Trinajstić information content (AvgIpc) is 3.16. The van der Waals surface area contributed by atoms with Gasteiger partial charge in [0, 0.05) is 18.3 Å². The zero-order valence-electron chi connectivity index (χ0n) is 23.4. The number of carbonyl (C=O) groups excluding carboxylic acids is 4. The molecule has 3 saturated carbocycles. The number of aliphatic hydroxyl groups excluding tert-OH is 1. The number of ketones is 2. The highest BCUT2D eigenvalue weighted by Gasteiger charge is 2.68. The van der Waals surface area contributed by atoms with Crippen molar-refractivity contribution in [1.29, 1.82) is 0 Å². The molecule has 0 saturated heterocycles. The minimum absolute atomic E-state index is 0.0340. The number of hydrogen-bond acceptors (Lipinski definition) is 9. The second kappa shape index (κ2) is 11.3. The highest BCUT2D eigenvalue weighted by Crippen LogP contribution is 2.67. The number of nitrogens with one attached hydrogen (secondary N) is 1. The molecular formula is C29H39NO11. The predicted molar refractivity (Wildman–Crippen MR) is 140 cm³/mol. The van der Waals surface area contributed by atoms with Crippen molar-refractivity contribution in [3.8, 4) is 0 Å². The van der Waals surface area contributed by atoms with Gasteiger partial charge in [0.15, 0.2) is 12.4 Å². The molecular weight excluding hydrogens is 538 g/mol. The molecule has 4 rings (SSSR count). The number of amides is 1. The van der Waals surface area contributed by atoms with Crippen molar-refractivity contribution in [2.45, 2.75) is 95.8 Å². The Bertz CT molecular complexity index is 1180. The summed E-state index contributed by atoms with van der Waals surface area (Å²) in [6.45, 7) is 3.23. The molecule has 0 aromatic rings. The van der Waals surface area contributed by atoms with Crippen LogP contribution in [0.5, 0.6) is 0 Å². The molecule has 0 bridgehead atoms. The van der Waals surface area contributed by atoms with E-state index in [1.165, 1.54) is 0 Å². The number of Topliss-reactive ketones (excluding diaryl/α,β-unsaturated/α-hetero) is 1. The zero-order chi connectivity index (χ0) is 30.3. The lowest BCUT2D eigenvalue weighted by atomic mass is 9.45. The largest absolute Gasteiger partial charge is 0.481 e. The van der Waals surface area contributed by atoms with Gasteiger partial charge >= 0.3 is 17.9 Å². The first kappa shape index (κ1) is 30.8. The lowest BCUT2D eigenvalue weighted by molar-refractivity contribution is -0.184. The van der Waals surface area contributed by atoms with Gasteiger partial charge in [-0.1, -0.05) is 19.4 Å². The number of aliphatic hydroxyl groups is 2. The van der Waals surface area contributed by atoms with E-state index < -0.39 is 78.6 Å².